The lowest BCUT2D eigenvalue weighted by Crippen LogP contribution is -2.35. The monoisotopic (exact) mass is 352 g/mol. The number of rotatable bonds is 4. The molecule has 2 nitrogen and oxygen atoms in total. The van der Waals surface area contributed by atoms with Crippen molar-refractivity contribution in [1.29, 1.82) is 0 Å². The lowest BCUT2D eigenvalue weighted by atomic mass is 9.58. The lowest BCUT2D eigenvalue weighted by molar-refractivity contribution is -0.134. The predicted molar refractivity (Wildman–Crippen MR) is 110 cm³/mol. The topological polar surface area (TPSA) is 37.3 Å². The lowest BCUT2D eigenvalue weighted by Gasteiger charge is -2.47. The number of carboxylic acid groups (broad SMARTS) is 1. The molecule has 0 saturated carbocycles. The molecular weight excluding hydrogens is 308 g/mol. The molecule has 2 aliphatic carbocycles. The van der Waals surface area contributed by atoms with Gasteiger partial charge in [-0.3, -0.25) is 4.79 Å². The maximum Gasteiger partial charge on any atom is 0.300 e. The summed E-state index contributed by atoms with van der Waals surface area (Å²) in [6.07, 6.45) is 11.3. The Labute approximate surface area is 157 Å². The Bertz CT molecular complexity index is 418. The second kappa shape index (κ2) is 11.8. The summed E-state index contributed by atoms with van der Waals surface area (Å²) in [6.45, 7) is 17.3. The van der Waals surface area contributed by atoms with E-state index in [0.717, 1.165) is 24.7 Å². The van der Waals surface area contributed by atoms with Gasteiger partial charge >= 0.3 is 0 Å². The van der Waals surface area contributed by atoms with Crippen LogP contribution in [-0.2, 0) is 4.79 Å². The number of carbonyl (C=O) groups is 1. The molecule has 148 valence electrons. The van der Waals surface area contributed by atoms with Gasteiger partial charge in [-0.1, -0.05) is 72.5 Å². The van der Waals surface area contributed by atoms with Crippen LogP contribution in [0.5, 0.6) is 0 Å². The molecule has 0 bridgehead atoms. The maximum atomic E-state index is 9.00. The van der Waals surface area contributed by atoms with Gasteiger partial charge in [0, 0.05) is 6.92 Å². The third-order valence-electron chi connectivity index (χ3n) is 6.35. The minimum Gasteiger partial charge on any atom is -0.481 e. The van der Waals surface area contributed by atoms with E-state index < -0.39 is 5.97 Å². The van der Waals surface area contributed by atoms with Gasteiger partial charge in [-0.05, 0) is 61.7 Å². The molecule has 0 saturated heterocycles. The highest BCUT2D eigenvalue weighted by atomic mass is 16.4. The van der Waals surface area contributed by atoms with Crippen molar-refractivity contribution in [3.05, 3.63) is 11.1 Å². The molecule has 1 N–H and O–H groups in total. The third kappa shape index (κ3) is 7.15. The van der Waals surface area contributed by atoms with Gasteiger partial charge in [0.05, 0.1) is 0 Å². The van der Waals surface area contributed by atoms with Gasteiger partial charge in [-0.15, -0.1) is 0 Å². The van der Waals surface area contributed by atoms with Gasteiger partial charge in [0.25, 0.3) is 5.97 Å². The SMILES string of the molecule is CC.CC(=O)O.CCCC[C@]1(C)C2=C(CCC1C)CC(C(C)C)CC2. The minimum absolute atomic E-state index is 0.533. The second-order valence-electron chi connectivity index (χ2n) is 8.31. The van der Waals surface area contributed by atoms with Crippen molar-refractivity contribution >= 4 is 5.97 Å². The highest BCUT2D eigenvalue weighted by Crippen LogP contribution is 2.53. The Morgan fingerprint density at radius 1 is 1.24 bits per heavy atom. The Morgan fingerprint density at radius 3 is 2.28 bits per heavy atom. The Morgan fingerprint density at radius 2 is 1.80 bits per heavy atom. The van der Waals surface area contributed by atoms with E-state index in [1.54, 1.807) is 0 Å². The van der Waals surface area contributed by atoms with Crippen molar-refractivity contribution in [1.82, 2.24) is 0 Å². The van der Waals surface area contributed by atoms with Crippen molar-refractivity contribution in [3.8, 4) is 0 Å². The second-order valence-corrected chi connectivity index (χ2v) is 8.31. The summed E-state index contributed by atoms with van der Waals surface area (Å²) in [5.74, 6) is 1.89. The van der Waals surface area contributed by atoms with E-state index in [1.165, 1.54) is 51.4 Å². The highest BCUT2D eigenvalue weighted by Gasteiger charge is 2.41. The van der Waals surface area contributed by atoms with Crippen molar-refractivity contribution < 1.29 is 9.90 Å². The van der Waals surface area contributed by atoms with Crippen LogP contribution in [0.25, 0.3) is 0 Å². The standard InChI is InChI=1S/C19H34.C2H4O2.C2H6/c1-6-7-12-19(5)15(4)8-9-17-13-16(14(2)3)10-11-18(17)19;1-2(3)4;1-2/h14-16H,6-13H2,1-5H3;1H3,(H,3,4);1-2H3/t15?,16?,19-;;/m0../s1. The third-order valence-corrected chi connectivity index (χ3v) is 6.35. The fourth-order valence-electron chi connectivity index (χ4n) is 4.51. The van der Waals surface area contributed by atoms with Crippen LogP contribution < -0.4 is 0 Å². The van der Waals surface area contributed by atoms with E-state index in [4.69, 9.17) is 9.90 Å². The summed E-state index contributed by atoms with van der Waals surface area (Å²) in [4.78, 5) is 9.00. The number of aliphatic carboxylic acids is 1. The van der Waals surface area contributed by atoms with Crippen LogP contribution in [0.3, 0.4) is 0 Å². The molecule has 3 atom stereocenters. The summed E-state index contributed by atoms with van der Waals surface area (Å²) in [5, 5.41) is 7.42. The molecule has 2 aliphatic rings. The first-order valence-corrected chi connectivity index (χ1v) is 10.6. The Balaban J connectivity index is 0.000000845. The van der Waals surface area contributed by atoms with Crippen LogP contribution in [0.15, 0.2) is 11.1 Å². The zero-order valence-corrected chi connectivity index (χ0v) is 18.2. The van der Waals surface area contributed by atoms with E-state index in [2.05, 4.69) is 34.6 Å². The van der Waals surface area contributed by atoms with Crippen molar-refractivity contribution in [3.63, 3.8) is 0 Å². The van der Waals surface area contributed by atoms with Crippen LogP contribution in [0.1, 0.15) is 107 Å². The summed E-state index contributed by atoms with van der Waals surface area (Å²) in [7, 11) is 0. The summed E-state index contributed by atoms with van der Waals surface area (Å²) in [6, 6.07) is 0. The molecule has 0 aliphatic heterocycles. The largest absolute Gasteiger partial charge is 0.481 e. The molecule has 0 heterocycles. The fraction of sp³-hybridized carbons (Fsp3) is 0.870. The Hall–Kier alpha value is -0.790. The molecule has 25 heavy (non-hydrogen) atoms. The number of hydrogen-bond donors (Lipinski definition) is 1. The molecule has 2 heteroatoms. The first kappa shape index (κ1) is 24.2. The van der Waals surface area contributed by atoms with Crippen molar-refractivity contribution in [2.45, 2.75) is 107 Å². The van der Waals surface area contributed by atoms with E-state index in [1.807, 2.05) is 25.0 Å². The molecule has 0 aromatic heterocycles. The van der Waals surface area contributed by atoms with Gasteiger partial charge in [0.15, 0.2) is 0 Å². The van der Waals surface area contributed by atoms with Gasteiger partial charge in [0.2, 0.25) is 0 Å². The molecule has 0 aromatic carbocycles. The van der Waals surface area contributed by atoms with Gasteiger partial charge in [-0.25, -0.2) is 0 Å². The van der Waals surface area contributed by atoms with Crippen LogP contribution in [0, 0.1) is 23.2 Å². The van der Waals surface area contributed by atoms with Gasteiger partial charge in [0.1, 0.15) is 0 Å². The molecule has 0 fully saturated rings. The minimum atomic E-state index is -0.833. The Kier molecular flexibility index (Phi) is 11.4. The predicted octanol–water partition coefficient (Wildman–Crippen LogP) is 7.48. The molecular formula is C23H44O2. The first-order valence-electron chi connectivity index (χ1n) is 10.6. The normalized spacial score (nSPS) is 28.4. The van der Waals surface area contributed by atoms with E-state index in [-0.39, 0.29) is 0 Å². The molecule has 2 rings (SSSR count). The molecule has 0 spiro atoms. The van der Waals surface area contributed by atoms with E-state index in [0.29, 0.717) is 5.41 Å². The van der Waals surface area contributed by atoms with Crippen LogP contribution in [0.2, 0.25) is 0 Å². The summed E-state index contributed by atoms with van der Waals surface area (Å²) >= 11 is 0. The van der Waals surface area contributed by atoms with E-state index >= 15 is 0 Å². The van der Waals surface area contributed by atoms with Crippen LogP contribution in [-0.4, -0.2) is 11.1 Å². The molecule has 0 aromatic rings. The maximum absolute atomic E-state index is 9.00. The van der Waals surface area contributed by atoms with Crippen LogP contribution in [0.4, 0.5) is 0 Å². The van der Waals surface area contributed by atoms with Crippen molar-refractivity contribution in [2.24, 2.45) is 23.2 Å². The first-order chi connectivity index (χ1) is 11.7. The van der Waals surface area contributed by atoms with E-state index in [9.17, 15) is 0 Å². The van der Waals surface area contributed by atoms with Gasteiger partial charge < -0.3 is 5.11 Å². The number of carboxylic acids is 1. The highest BCUT2D eigenvalue weighted by molar-refractivity contribution is 5.62. The average molecular weight is 353 g/mol. The molecule has 0 amide bonds. The van der Waals surface area contributed by atoms with Crippen molar-refractivity contribution in [2.75, 3.05) is 0 Å². The average Bonchev–Trinajstić information content (AvgIpc) is 2.57. The molecule has 0 radical (unpaired) electrons. The zero-order valence-electron chi connectivity index (χ0n) is 18.2. The number of unbranched alkanes of at least 4 members (excludes halogenated alkanes) is 1. The summed E-state index contributed by atoms with van der Waals surface area (Å²) < 4.78 is 0. The fourth-order valence-corrected chi connectivity index (χ4v) is 4.51. The number of hydrogen-bond acceptors (Lipinski definition) is 1. The molecule has 2 unspecified atom stereocenters. The smallest absolute Gasteiger partial charge is 0.300 e. The zero-order chi connectivity index (χ0) is 19.6. The number of allylic oxidation sites excluding steroid dienone is 2. The van der Waals surface area contributed by atoms with Gasteiger partial charge in [-0.2, -0.15) is 0 Å². The quantitative estimate of drug-likeness (QED) is 0.532. The van der Waals surface area contributed by atoms with Crippen LogP contribution >= 0.6 is 0 Å². The summed E-state index contributed by atoms with van der Waals surface area (Å²) in [5.41, 5.74) is 4.31.